The van der Waals surface area contributed by atoms with E-state index in [1.165, 1.54) is 5.01 Å². The van der Waals surface area contributed by atoms with Gasteiger partial charge in [0.1, 0.15) is 0 Å². The summed E-state index contributed by atoms with van der Waals surface area (Å²) in [5, 5.41) is 6.60. The van der Waals surface area contributed by atoms with Gasteiger partial charge in [0.25, 0.3) is 0 Å². The van der Waals surface area contributed by atoms with Crippen molar-refractivity contribution in [3.8, 4) is 0 Å². The molecule has 0 aliphatic carbocycles. The van der Waals surface area contributed by atoms with Crippen molar-refractivity contribution in [2.75, 3.05) is 19.8 Å². The minimum atomic E-state index is 0.463. The average Bonchev–Trinajstić information content (AvgIpc) is 2.59. The van der Waals surface area contributed by atoms with E-state index in [9.17, 15) is 0 Å². The number of hydrogen-bond acceptors (Lipinski definition) is 4. The Balaban J connectivity index is 1.86. The Labute approximate surface area is 75.8 Å². The Morgan fingerprint density at radius 1 is 1.75 bits per heavy atom. The second-order valence-corrected chi connectivity index (χ2v) is 3.84. The zero-order valence-corrected chi connectivity index (χ0v) is 7.64. The number of rotatable bonds is 2. The lowest BCUT2D eigenvalue weighted by molar-refractivity contribution is 0.0770. The van der Waals surface area contributed by atoms with E-state index in [1.807, 2.05) is 11.6 Å². The monoisotopic (exact) mass is 184 g/mol. The number of ether oxygens (including phenoxy) is 1. The van der Waals surface area contributed by atoms with Crippen molar-refractivity contribution in [1.82, 2.24) is 10.3 Å². The van der Waals surface area contributed by atoms with Gasteiger partial charge in [-0.15, -0.1) is 11.3 Å². The Bertz CT molecular complexity index is 219. The number of thiazole rings is 1. The van der Waals surface area contributed by atoms with Gasteiger partial charge in [0.2, 0.25) is 0 Å². The summed E-state index contributed by atoms with van der Waals surface area (Å²) in [7, 11) is 0. The molecule has 0 spiro atoms. The summed E-state index contributed by atoms with van der Waals surface area (Å²) >= 11 is 1.71. The predicted molar refractivity (Wildman–Crippen MR) is 48.4 cm³/mol. The molecule has 1 aliphatic heterocycles. The maximum Gasteiger partial charge on any atom is 0.0941 e. The summed E-state index contributed by atoms with van der Waals surface area (Å²) in [6.45, 7) is 2.63. The Morgan fingerprint density at radius 3 is 3.42 bits per heavy atom. The summed E-state index contributed by atoms with van der Waals surface area (Å²) < 4.78 is 5.35. The van der Waals surface area contributed by atoms with Crippen LogP contribution in [-0.2, 0) is 11.2 Å². The minimum absolute atomic E-state index is 0.463. The molecule has 1 fully saturated rings. The fourth-order valence-corrected chi connectivity index (χ4v) is 2.01. The number of nitrogens with zero attached hydrogens (tertiary/aromatic N) is 1. The molecule has 1 aromatic heterocycles. The summed E-state index contributed by atoms with van der Waals surface area (Å²) in [4.78, 5) is 4.23. The molecule has 1 aliphatic rings. The molecule has 0 saturated carbocycles. The first-order valence-electron chi connectivity index (χ1n) is 4.14. The van der Waals surface area contributed by atoms with Crippen LogP contribution < -0.4 is 5.32 Å². The Morgan fingerprint density at radius 2 is 2.75 bits per heavy atom. The molecule has 4 heteroatoms. The van der Waals surface area contributed by atoms with Gasteiger partial charge in [-0.1, -0.05) is 0 Å². The molecular formula is C8H12N2OS. The van der Waals surface area contributed by atoms with Gasteiger partial charge >= 0.3 is 0 Å². The van der Waals surface area contributed by atoms with E-state index in [0.29, 0.717) is 6.04 Å². The quantitative estimate of drug-likeness (QED) is 0.733. The number of morpholine rings is 1. The van der Waals surface area contributed by atoms with Crippen molar-refractivity contribution < 1.29 is 4.74 Å². The fourth-order valence-electron chi connectivity index (χ4n) is 1.32. The molecule has 1 N–H and O–H groups in total. The molecule has 1 atom stereocenters. The standard InChI is InChI=1S/C8H12N2OS/c1-3-11-6-7(9-1)5-8-10-2-4-12-8/h2,4,7,9H,1,3,5-6H2. The molecule has 3 nitrogen and oxygen atoms in total. The molecular weight excluding hydrogens is 172 g/mol. The Kier molecular flexibility index (Phi) is 2.71. The lowest BCUT2D eigenvalue weighted by Gasteiger charge is -2.22. The maximum atomic E-state index is 5.35. The highest BCUT2D eigenvalue weighted by Crippen LogP contribution is 2.08. The van der Waals surface area contributed by atoms with Gasteiger partial charge in [-0.3, -0.25) is 0 Å². The average molecular weight is 184 g/mol. The molecule has 0 bridgehead atoms. The highest BCUT2D eigenvalue weighted by Gasteiger charge is 2.13. The van der Waals surface area contributed by atoms with Crippen LogP contribution in [-0.4, -0.2) is 30.8 Å². The van der Waals surface area contributed by atoms with Gasteiger partial charge in [-0.05, 0) is 0 Å². The van der Waals surface area contributed by atoms with Gasteiger partial charge in [0, 0.05) is 30.6 Å². The van der Waals surface area contributed by atoms with E-state index < -0.39 is 0 Å². The first kappa shape index (κ1) is 8.16. The number of aromatic nitrogens is 1. The van der Waals surface area contributed by atoms with Crippen molar-refractivity contribution in [3.63, 3.8) is 0 Å². The molecule has 1 aromatic rings. The van der Waals surface area contributed by atoms with Crippen LogP contribution in [0.4, 0.5) is 0 Å². The van der Waals surface area contributed by atoms with Gasteiger partial charge in [0.15, 0.2) is 0 Å². The summed E-state index contributed by atoms with van der Waals surface area (Å²) in [5.41, 5.74) is 0. The Hall–Kier alpha value is -0.450. The van der Waals surface area contributed by atoms with E-state index in [1.54, 1.807) is 11.3 Å². The van der Waals surface area contributed by atoms with Gasteiger partial charge < -0.3 is 10.1 Å². The molecule has 1 unspecified atom stereocenters. The number of hydrogen-bond donors (Lipinski definition) is 1. The van der Waals surface area contributed by atoms with Crippen LogP contribution in [0.15, 0.2) is 11.6 Å². The smallest absolute Gasteiger partial charge is 0.0941 e. The van der Waals surface area contributed by atoms with Crippen LogP contribution in [0.5, 0.6) is 0 Å². The van der Waals surface area contributed by atoms with E-state index >= 15 is 0 Å². The van der Waals surface area contributed by atoms with Crippen LogP contribution in [0.2, 0.25) is 0 Å². The summed E-state index contributed by atoms with van der Waals surface area (Å²) in [6.07, 6.45) is 2.85. The maximum absolute atomic E-state index is 5.35. The molecule has 2 rings (SSSR count). The second-order valence-electron chi connectivity index (χ2n) is 2.86. The largest absolute Gasteiger partial charge is 0.379 e. The molecule has 0 amide bonds. The topological polar surface area (TPSA) is 34.1 Å². The van der Waals surface area contributed by atoms with Crippen molar-refractivity contribution in [2.24, 2.45) is 0 Å². The molecule has 0 radical (unpaired) electrons. The third-order valence-electron chi connectivity index (χ3n) is 1.90. The van der Waals surface area contributed by atoms with Crippen LogP contribution in [0, 0.1) is 0 Å². The predicted octanol–water partition coefficient (Wildman–Crippen LogP) is 0.674. The normalized spacial score (nSPS) is 24.2. The third kappa shape index (κ3) is 2.03. The van der Waals surface area contributed by atoms with Crippen LogP contribution >= 0.6 is 11.3 Å². The molecule has 2 heterocycles. The molecule has 12 heavy (non-hydrogen) atoms. The molecule has 1 saturated heterocycles. The van der Waals surface area contributed by atoms with Gasteiger partial charge in [0.05, 0.1) is 18.2 Å². The van der Waals surface area contributed by atoms with Gasteiger partial charge in [-0.2, -0.15) is 0 Å². The number of nitrogens with one attached hydrogen (secondary N) is 1. The molecule has 0 aromatic carbocycles. The van der Waals surface area contributed by atoms with E-state index in [0.717, 1.165) is 26.2 Å². The zero-order valence-electron chi connectivity index (χ0n) is 6.82. The van der Waals surface area contributed by atoms with E-state index in [2.05, 4.69) is 10.3 Å². The first-order valence-corrected chi connectivity index (χ1v) is 5.02. The van der Waals surface area contributed by atoms with E-state index in [4.69, 9.17) is 4.74 Å². The zero-order chi connectivity index (χ0) is 8.23. The second kappa shape index (κ2) is 3.98. The van der Waals surface area contributed by atoms with Crippen LogP contribution in [0.3, 0.4) is 0 Å². The van der Waals surface area contributed by atoms with E-state index in [-0.39, 0.29) is 0 Å². The third-order valence-corrected chi connectivity index (χ3v) is 2.70. The van der Waals surface area contributed by atoms with Crippen molar-refractivity contribution in [2.45, 2.75) is 12.5 Å². The van der Waals surface area contributed by atoms with Gasteiger partial charge in [-0.25, -0.2) is 4.98 Å². The molecule has 66 valence electrons. The van der Waals surface area contributed by atoms with Crippen LogP contribution in [0.25, 0.3) is 0 Å². The summed E-state index contributed by atoms with van der Waals surface area (Å²) in [5.74, 6) is 0. The van der Waals surface area contributed by atoms with Crippen molar-refractivity contribution in [3.05, 3.63) is 16.6 Å². The lowest BCUT2D eigenvalue weighted by Crippen LogP contribution is -2.42. The lowest BCUT2D eigenvalue weighted by atomic mass is 10.2. The SMILES string of the molecule is c1csc(CC2COCCN2)n1. The highest BCUT2D eigenvalue weighted by atomic mass is 32.1. The summed E-state index contributed by atoms with van der Waals surface area (Å²) in [6, 6.07) is 0.463. The van der Waals surface area contributed by atoms with Crippen molar-refractivity contribution >= 4 is 11.3 Å². The first-order chi connectivity index (χ1) is 5.95. The highest BCUT2D eigenvalue weighted by molar-refractivity contribution is 7.09. The minimum Gasteiger partial charge on any atom is -0.379 e. The van der Waals surface area contributed by atoms with Crippen LogP contribution in [0.1, 0.15) is 5.01 Å². The fraction of sp³-hybridized carbons (Fsp3) is 0.625. The van der Waals surface area contributed by atoms with Crippen molar-refractivity contribution in [1.29, 1.82) is 0 Å².